The molecular formula is C24H29N5O4S. The van der Waals surface area contributed by atoms with Gasteiger partial charge in [0.05, 0.1) is 29.0 Å². The van der Waals surface area contributed by atoms with Crippen LogP contribution in [0.25, 0.3) is 0 Å². The smallest absolute Gasteiger partial charge is 0.257 e. The van der Waals surface area contributed by atoms with Crippen molar-refractivity contribution in [2.24, 2.45) is 5.41 Å². The van der Waals surface area contributed by atoms with Crippen LogP contribution in [0.3, 0.4) is 0 Å². The van der Waals surface area contributed by atoms with Crippen molar-refractivity contribution >= 4 is 35.0 Å². The number of aromatic nitrogens is 2. The van der Waals surface area contributed by atoms with Gasteiger partial charge in [-0.3, -0.25) is 4.79 Å². The first-order chi connectivity index (χ1) is 16.1. The fraction of sp³-hybridized carbons (Fsp3) is 0.375. The molecule has 4 rings (SSSR count). The van der Waals surface area contributed by atoms with Crippen LogP contribution >= 0.6 is 11.7 Å². The van der Waals surface area contributed by atoms with E-state index in [1.54, 1.807) is 29.2 Å². The molecule has 2 heterocycles. The molecule has 9 nitrogen and oxygen atoms in total. The van der Waals surface area contributed by atoms with E-state index in [-0.39, 0.29) is 40.2 Å². The second-order valence-electron chi connectivity index (χ2n) is 9.48. The fourth-order valence-corrected chi connectivity index (χ4v) is 4.53. The van der Waals surface area contributed by atoms with Crippen LogP contribution in [0.15, 0.2) is 36.4 Å². The van der Waals surface area contributed by atoms with Gasteiger partial charge in [-0.05, 0) is 48.1 Å². The van der Waals surface area contributed by atoms with Crippen LogP contribution in [0.2, 0.25) is 0 Å². The van der Waals surface area contributed by atoms with Gasteiger partial charge in [0, 0.05) is 13.1 Å². The molecule has 0 radical (unpaired) electrons. The molecule has 1 amide bonds. The van der Waals surface area contributed by atoms with Gasteiger partial charge in [-0.25, -0.2) is 0 Å². The van der Waals surface area contributed by atoms with Gasteiger partial charge < -0.3 is 30.9 Å². The molecule has 1 fully saturated rings. The van der Waals surface area contributed by atoms with Gasteiger partial charge in [0.25, 0.3) is 5.91 Å². The Morgan fingerprint density at radius 1 is 1.03 bits per heavy atom. The number of rotatable bonds is 6. The lowest BCUT2D eigenvalue weighted by atomic mass is 9.82. The number of phenolic OH excluding ortho intramolecular Hbond substituents is 3. The van der Waals surface area contributed by atoms with Gasteiger partial charge in [-0.15, -0.1) is 0 Å². The van der Waals surface area contributed by atoms with Crippen LogP contribution in [0.1, 0.15) is 55.6 Å². The largest absolute Gasteiger partial charge is 0.505 e. The zero-order valence-corrected chi connectivity index (χ0v) is 20.2. The third-order valence-electron chi connectivity index (χ3n) is 5.88. The van der Waals surface area contributed by atoms with Crippen LogP contribution < -0.4 is 10.6 Å². The van der Waals surface area contributed by atoms with Crippen molar-refractivity contribution in [2.45, 2.75) is 39.7 Å². The van der Waals surface area contributed by atoms with Gasteiger partial charge in [-0.2, -0.15) is 8.75 Å². The third-order valence-corrected chi connectivity index (χ3v) is 6.41. The summed E-state index contributed by atoms with van der Waals surface area (Å²) in [6.45, 7) is 7.52. The number of hydrogen-bond donors (Lipinski definition) is 5. The zero-order chi connectivity index (χ0) is 24.5. The summed E-state index contributed by atoms with van der Waals surface area (Å²) in [6.07, 6.45) is 1.94. The molecule has 180 valence electrons. The number of anilines is 3. The summed E-state index contributed by atoms with van der Waals surface area (Å²) in [5.41, 5.74) is 1.09. The topological polar surface area (TPSA) is 131 Å². The minimum atomic E-state index is -0.283. The normalized spacial score (nSPS) is 14.7. The Kier molecular flexibility index (Phi) is 6.52. The molecule has 1 aliphatic rings. The van der Waals surface area contributed by atoms with Gasteiger partial charge in [0.15, 0.2) is 28.9 Å². The SMILES string of the molecule is CC(C)(C)C(Nc1nsnc1Nc1cccc(C(=O)N2CCCC2)c1O)c1ccc(O)c(O)c1. The number of amides is 1. The molecule has 1 atom stereocenters. The Morgan fingerprint density at radius 2 is 1.74 bits per heavy atom. The van der Waals surface area contributed by atoms with Gasteiger partial charge in [-0.1, -0.05) is 32.9 Å². The molecule has 1 aromatic heterocycles. The maximum absolute atomic E-state index is 12.8. The lowest BCUT2D eigenvalue weighted by Gasteiger charge is -2.32. The number of aromatic hydroxyl groups is 3. The third kappa shape index (κ3) is 4.86. The van der Waals surface area contributed by atoms with Crippen LogP contribution in [-0.2, 0) is 0 Å². The van der Waals surface area contributed by atoms with Crippen molar-refractivity contribution in [2.75, 3.05) is 23.7 Å². The van der Waals surface area contributed by atoms with Crippen molar-refractivity contribution in [1.82, 2.24) is 13.6 Å². The monoisotopic (exact) mass is 483 g/mol. The van der Waals surface area contributed by atoms with E-state index < -0.39 is 0 Å². The summed E-state index contributed by atoms with van der Waals surface area (Å²) in [4.78, 5) is 14.6. The van der Waals surface area contributed by atoms with E-state index in [0.29, 0.717) is 30.4 Å². The molecule has 0 aliphatic carbocycles. The van der Waals surface area contributed by atoms with E-state index in [9.17, 15) is 20.1 Å². The van der Waals surface area contributed by atoms with Crippen molar-refractivity contribution in [3.8, 4) is 17.2 Å². The number of phenols is 3. The summed E-state index contributed by atoms with van der Waals surface area (Å²) >= 11 is 1.00. The summed E-state index contributed by atoms with van der Waals surface area (Å²) in [5.74, 6) is 0.166. The summed E-state index contributed by atoms with van der Waals surface area (Å²) in [7, 11) is 0. The Labute approximate surface area is 202 Å². The molecule has 1 unspecified atom stereocenters. The number of carbonyl (C=O) groups is 1. The lowest BCUT2D eigenvalue weighted by molar-refractivity contribution is 0.0790. The highest BCUT2D eigenvalue weighted by Gasteiger charge is 2.29. The van der Waals surface area contributed by atoms with Crippen molar-refractivity contribution in [3.05, 3.63) is 47.5 Å². The van der Waals surface area contributed by atoms with Crippen molar-refractivity contribution in [3.63, 3.8) is 0 Å². The van der Waals surface area contributed by atoms with E-state index in [4.69, 9.17) is 0 Å². The van der Waals surface area contributed by atoms with Crippen LogP contribution in [-0.4, -0.2) is 48.0 Å². The number of para-hydroxylation sites is 1. The predicted molar refractivity (Wildman–Crippen MR) is 132 cm³/mol. The van der Waals surface area contributed by atoms with Gasteiger partial charge >= 0.3 is 0 Å². The second kappa shape index (κ2) is 9.38. The summed E-state index contributed by atoms with van der Waals surface area (Å²) in [5, 5.41) is 37.0. The van der Waals surface area contributed by atoms with Gasteiger partial charge in [0.2, 0.25) is 0 Å². The highest BCUT2D eigenvalue weighted by Crippen LogP contribution is 2.40. The molecule has 5 N–H and O–H groups in total. The standard InChI is InChI=1S/C24H29N5O4S/c1-24(2,3)20(14-9-10-17(30)18(31)13-14)26-22-21(27-34-28-22)25-16-8-6-7-15(19(16)32)23(33)29-11-4-5-12-29/h6-10,13,20,30-32H,4-5,11-12H2,1-3H3,(H,25,27)(H,26,28). The lowest BCUT2D eigenvalue weighted by Crippen LogP contribution is -2.27. The van der Waals surface area contributed by atoms with E-state index in [1.165, 1.54) is 12.1 Å². The van der Waals surface area contributed by atoms with Crippen LogP contribution in [0, 0.1) is 5.41 Å². The first-order valence-electron chi connectivity index (χ1n) is 11.1. The maximum Gasteiger partial charge on any atom is 0.257 e. The average molecular weight is 484 g/mol. The number of nitrogens with zero attached hydrogens (tertiary/aromatic N) is 3. The Balaban J connectivity index is 1.60. The molecule has 34 heavy (non-hydrogen) atoms. The quantitative estimate of drug-likeness (QED) is 0.315. The van der Waals surface area contributed by atoms with Crippen LogP contribution in [0.4, 0.5) is 17.3 Å². The minimum absolute atomic E-state index is 0.130. The number of hydrogen-bond acceptors (Lipinski definition) is 9. The first kappa shape index (κ1) is 23.6. The molecule has 1 aliphatic heterocycles. The number of nitrogens with one attached hydrogen (secondary N) is 2. The molecular weight excluding hydrogens is 454 g/mol. The second-order valence-corrected chi connectivity index (χ2v) is 10.0. The average Bonchev–Trinajstić information content (AvgIpc) is 3.47. The van der Waals surface area contributed by atoms with Crippen molar-refractivity contribution < 1.29 is 20.1 Å². The van der Waals surface area contributed by atoms with E-state index in [1.807, 2.05) is 20.8 Å². The molecule has 0 saturated carbocycles. The number of benzene rings is 2. The Hall–Kier alpha value is -3.53. The molecule has 0 spiro atoms. The van der Waals surface area contributed by atoms with Crippen LogP contribution in [0.5, 0.6) is 17.2 Å². The van der Waals surface area contributed by atoms with E-state index in [0.717, 1.165) is 30.1 Å². The fourth-order valence-electron chi connectivity index (χ4n) is 4.06. The Morgan fingerprint density at radius 3 is 2.41 bits per heavy atom. The highest BCUT2D eigenvalue weighted by atomic mass is 32.1. The van der Waals surface area contributed by atoms with E-state index >= 15 is 0 Å². The first-order valence-corrected chi connectivity index (χ1v) is 11.9. The highest BCUT2D eigenvalue weighted by molar-refractivity contribution is 6.99. The zero-order valence-electron chi connectivity index (χ0n) is 19.4. The van der Waals surface area contributed by atoms with Crippen molar-refractivity contribution in [1.29, 1.82) is 0 Å². The van der Waals surface area contributed by atoms with E-state index in [2.05, 4.69) is 19.4 Å². The molecule has 10 heteroatoms. The molecule has 1 saturated heterocycles. The number of carbonyl (C=O) groups excluding carboxylic acids is 1. The maximum atomic E-state index is 12.8. The van der Waals surface area contributed by atoms with Gasteiger partial charge in [0.1, 0.15) is 0 Å². The number of likely N-dealkylation sites (tertiary alicyclic amines) is 1. The minimum Gasteiger partial charge on any atom is -0.505 e. The predicted octanol–water partition coefficient (Wildman–Crippen LogP) is 4.83. The summed E-state index contributed by atoms with van der Waals surface area (Å²) < 4.78 is 8.70. The molecule has 0 bridgehead atoms. The Bertz CT molecular complexity index is 1180. The molecule has 3 aromatic rings. The molecule has 2 aromatic carbocycles. The summed E-state index contributed by atoms with van der Waals surface area (Å²) in [6, 6.07) is 9.44.